The number of pyridine rings is 1. The SMILES string of the molecule is O=C(O)c1ccc(CNC(=O)c2cc(-c3cc(F)cc(C(F)(F)F)c3)cc3ccn(Cc4ccc5ccc(F)cc5n4)c23)cc1. The molecule has 0 bridgehead atoms. The highest BCUT2D eigenvalue weighted by Gasteiger charge is 2.31. The Bertz CT molecular complexity index is 2100. The first-order valence-electron chi connectivity index (χ1n) is 13.6. The van der Waals surface area contributed by atoms with E-state index in [0.29, 0.717) is 33.7 Å². The molecule has 0 unspecified atom stereocenters. The van der Waals surface area contributed by atoms with Gasteiger partial charge in [0.05, 0.1) is 40.0 Å². The zero-order valence-electron chi connectivity index (χ0n) is 23.2. The van der Waals surface area contributed by atoms with Gasteiger partial charge in [0.2, 0.25) is 0 Å². The first-order valence-corrected chi connectivity index (χ1v) is 13.6. The number of alkyl halides is 3. The Kier molecular flexibility index (Phi) is 7.53. The van der Waals surface area contributed by atoms with Crippen LogP contribution in [0.5, 0.6) is 0 Å². The van der Waals surface area contributed by atoms with Crippen molar-refractivity contribution in [1.29, 1.82) is 0 Å². The normalized spacial score (nSPS) is 11.7. The van der Waals surface area contributed by atoms with E-state index in [-0.39, 0.29) is 35.3 Å². The summed E-state index contributed by atoms with van der Waals surface area (Å²) in [7, 11) is 0. The highest BCUT2D eigenvalue weighted by atomic mass is 19.4. The quantitative estimate of drug-likeness (QED) is 0.179. The number of carbonyl (C=O) groups excluding carboxylic acids is 1. The van der Waals surface area contributed by atoms with Crippen LogP contribution in [0, 0.1) is 11.6 Å². The summed E-state index contributed by atoms with van der Waals surface area (Å²) in [6.45, 7) is 0.214. The lowest BCUT2D eigenvalue weighted by Gasteiger charge is -2.14. The van der Waals surface area contributed by atoms with Crippen molar-refractivity contribution in [3.8, 4) is 11.1 Å². The highest BCUT2D eigenvalue weighted by Crippen LogP contribution is 2.35. The lowest BCUT2D eigenvalue weighted by Crippen LogP contribution is -2.23. The van der Waals surface area contributed by atoms with Crippen molar-refractivity contribution in [2.45, 2.75) is 19.3 Å². The number of hydrogen-bond acceptors (Lipinski definition) is 3. The lowest BCUT2D eigenvalue weighted by molar-refractivity contribution is -0.137. The second kappa shape index (κ2) is 11.5. The summed E-state index contributed by atoms with van der Waals surface area (Å²) in [5, 5.41) is 13.2. The van der Waals surface area contributed by atoms with Gasteiger partial charge in [0.25, 0.3) is 5.91 Å². The van der Waals surface area contributed by atoms with E-state index >= 15 is 0 Å². The van der Waals surface area contributed by atoms with Gasteiger partial charge in [-0.15, -0.1) is 0 Å². The van der Waals surface area contributed by atoms with Crippen LogP contribution in [-0.2, 0) is 19.3 Å². The number of hydrogen-bond donors (Lipinski definition) is 2. The largest absolute Gasteiger partial charge is 0.478 e. The standard InChI is InChI=1S/C34H22F5N3O3/c35-26-7-5-20-6-8-28(41-30(20)16-26)18-42-10-9-22-11-23(24-12-25(34(37,38)39)15-27(36)13-24)14-29(31(22)42)32(43)40-17-19-1-3-21(4-2-19)33(44)45/h1-16H,17-18H2,(H,40,43)(H,44,45). The number of aromatic nitrogens is 2. The fraction of sp³-hybridized carbons (Fsp3) is 0.0882. The van der Waals surface area contributed by atoms with Gasteiger partial charge in [-0.3, -0.25) is 9.78 Å². The second-order valence-electron chi connectivity index (χ2n) is 10.5. The third kappa shape index (κ3) is 6.23. The van der Waals surface area contributed by atoms with Crippen molar-refractivity contribution in [2.75, 3.05) is 0 Å². The zero-order valence-corrected chi connectivity index (χ0v) is 23.2. The number of fused-ring (bicyclic) bond motifs is 2. The van der Waals surface area contributed by atoms with Gasteiger partial charge in [0, 0.05) is 29.6 Å². The monoisotopic (exact) mass is 615 g/mol. The maximum Gasteiger partial charge on any atom is 0.416 e. The molecule has 0 saturated heterocycles. The average molecular weight is 616 g/mol. The molecule has 45 heavy (non-hydrogen) atoms. The minimum atomic E-state index is -4.78. The topological polar surface area (TPSA) is 84.2 Å². The molecule has 11 heteroatoms. The van der Waals surface area contributed by atoms with E-state index in [4.69, 9.17) is 5.11 Å². The van der Waals surface area contributed by atoms with Crippen molar-refractivity contribution in [3.63, 3.8) is 0 Å². The van der Waals surface area contributed by atoms with Crippen LogP contribution in [0.1, 0.15) is 37.5 Å². The van der Waals surface area contributed by atoms with Gasteiger partial charge in [0.15, 0.2) is 0 Å². The Morgan fingerprint density at radius 3 is 2.27 bits per heavy atom. The van der Waals surface area contributed by atoms with E-state index in [1.807, 2.05) is 0 Å². The third-order valence-electron chi connectivity index (χ3n) is 7.36. The molecule has 6 nitrogen and oxygen atoms in total. The number of nitrogens with one attached hydrogen (secondary N) is 1. The molecule has 2 aromatic heterocycles. The van der Waals surface area contributed by atoms with Gasteiger partial charge >= 0.3 is 12.1 Å². The summed E-state index contributed by atoms with van der Waals surface area (Å²) in [5.74, 6) is -3.17. The molecular formula is C34H22F5N3O3. The average Bonchev–Trinajstić information content (AvgIpc) is 3.41. The first kappa shape index (κ1) is 29.5. The van der Waals surface area contributed by atoms with Crippen LogP contribution in [0.25, 0.3) is 32.9 Å². The number of halogens is 5. The number of nitrogens with zero attached hydrogens (tertiary/aromatic N) is 2. The third-order valence-corrected chi connectivity index (χ3v) is 7.36. The Morgan fingerprint density at radius 1 is 0.800 bits per heavy atom. The molecule has 0 aliphatic heterocycles. The number of carboxylic acids is 1. The van der Waals surface area contributed by atoms with Crippen LogP contribution in [0.2, 0.25) is 0 Å². The predicted molar refractivity (Wildman–Crippen MR) is 158 cm³/mol. The number of amides is 1. The van der Waals surface area contributed by atoms with Crippen molar-refractivity contribution < 1.29 is 36.6 Å². The van der Waals surface area contributed by atoms with Gasteiger partial charge in [-0.05, 0) is 83.4 Å². The van der Waals surface area contributed by atoms with Crippen molar-refractivity contribution in [2.24, 2.45) is 0 Å². The van der Waals surface area contributed by atoms with Gasteiger partial charge < -0.3 is 15.0 Å². The zero-order chi connectivity index (χ0) is 31.9. The van der Waals surface area contributed by atoms with Crippen LogP contribution in [0.3, 0.4) is 0 Å². The minimum Gasteiger partial charge on any atom is -0.478 e. The summed E-state index contributed by atoms with van der Waals surface area (Å²) in [6, 6.07) is 20.6. The predicted octanol–water partition coefficient (Wildman–Crippen LogP) is 7.83. The molecule has 0 saturated carbocycles. The molecule has 0 radical (unpaired) electrons. The molecule has 0 spiro atoms. The summed E-state index contributed by atoms with van der Waals surface area (Å²) in [4.78, 5) is 29.4. The summed E-state index contributed by atoms with van der Waals surface area (Å²) in [6.07, 6.45) is -3.09. The number of aromatic carboxylic acids is 1. The molecule has 1 amide bonds. The van der Waals surface area contributed by atoms with E-state index in [9.17, 15) is 31.5 Å². The van der Waals surface area contributed by atoms with Crippen LogP contribution >= 0.6 is 0 Å². The van der Waals surface area contributed by atoms with E-state index in [2.05, 4.69) is 10.3 Å². The summed E-state index contributed by atoms with van der Waals surface area (Å²) in [5.41, 5.74) is 1.24. The van der Waals surface area contributed by atoms with Crippen LogP contribution in [0.15, 0.2) is 97.2 Å². The van der Waals surface area contributed by atoms with E-state index in [0.717, 1.165) is 17.5 Å². The Hall–Kier alpha value is -5.58. The second-order valence-corrected chi connectivity index (χ2v) is 10.5. The molecule has 6 aromatic rings. The Morgan fingerprint density at radius 2 is 1.53 bits per heavy atom. The van der Waals surface area contributed by atoms with Crippen LogP contribution < -0.4 is 5.32 Å². The Labute approximate surface area is 252 Å². The molecule has 0 atom stereocenters. The molecular weight excluding hydrogens is 593 g/mol. The van der Waals surface area contributed by atoms with E-state index < -0.39 is 35.3 Å². The minimum absolute atomic E-state index is 0.0289. The number of benzene rings is 4. The van der Waals surface area contributed by atoms with Gasteiger partial charge in [-0.2, -0.15) is 13.2 Å². The fourth-order valence-corrected chi connectivity index (χ4v) is 5.18. The van der Waals surface area contributed by atoms with E-state index in [1.165, 1.54) is 30.3 Å². The van der Waals surface area contributed by atoms with Crippen LogP contribution in [-0.4, -0.2) is 26.5 Å². The highest BCUT2D eigenvalue weighted by molar-refractivity contribution is 6.08. The van der Waals surface area contributed by atoms with Gasteiger partial charge in [0.1, 0.15) is 11.6 Å². The molecule has 4 aromatic carbocycles. The molecule has 0 fully saturated rings. The van der Waals surface area contributed by atoms with Crippen molar-refractivity contribution >= 4 is 33.7 Å². The Balaban J connectivity index is 1.42. The summed E-state index contributed by atoms with van der Waals surface area (Å²) < 4.78 is 70.4. The summed E-state index contributed by atoms with van der Waals surface area (Å²) >= 11 is 0. The van der Waals surface area contributed by atoms with Crippen molar-refractivity contribution in [1.82, 2.24) is 14.9 Å². The fourth-order valence-electron chi connectivity index (χ4n) is 5.18. The van der Waals surface area contributed by atoms with Crippen molar-refractivity contribution in [3.05, 3.63) is 137 Å². The van der Waals surface area contributed by atoms with Gasteiger partial charge in [-0.1, -0.05) is 18.2 Å². The van der Waals surface area contributed by atoms with E-state index in [1.54, 1.807) is 53.2 Å². The molecule has 0 aliphatic carbocycles. The maximum absolute atomic E-state index is 14.3. The molecule has 0 aliphatic rings. The lowest BCUT2D eigenvalue weighted by atomic mass is 9.98. The maximum atomic E-state index is 14.3. The van der Waals surface area contributed by atoms with Crippen LogP contribution in [0.4, 0.5) is 22.0 Å². The van der Waals surface area contributed by atoms with Gasteiger partial charge in [-0.25, -0.2) is 13.6 Å². The first-order chi connectivity index (χ1) is 21.4. The molecule has 226 valence electrons. The number of rotatable bonds is 7. The number of carboxylic acid groups (broad SMARTS) is 1. The number of carbonyl (C=O) groups is 2. The smallest absolute Gasteiger partial charge is 0.416 e. The molecule has 2 N–H and O–H groups in total. The molecule has 2 heterocycles. The molecule has 6 rings (SSSR count).